The van der Waals surface area contributed by atoms with E-state index in [0.717, 1.165) is 40.8 Å². The second kappa shape index (κ2) is 4.70. The molecule has 1 aliphatic rings. The fourth-order valence-corrected chi connectivity index (χ4v) is 3.66. The highest BCUT2D eigenvalue weighted by molar-refractivity contribution is 7.16. The van der Waals surface area contributed by atoms with E-state index in [2.05, 4.69) is 0 Å². The van der Waals surface area contributed by atoms with Gasteiger partial charge in [-0.1, -0.05) is 20.8 Å². The molecule has 21 heavy (non-hydrogen) atoms. The van der Waals surface area contributed by atoms with Gasteiger partial charge in [0.1, 0.15) is 11.5 Å². The van der Waals surface area contributed by atoms with Crippen LogP contribution in [-0.2, 0) is 17.6 Å². The van der Waals surface area contributed by atoms with Gasteiger partial charge >= 0.3 is 0 Å². The molecular weight excluding hydrogens is 284 g/mol. The monoisotopic (exact) mass is 304 g/mol. The number of carbonyl (C=O) groups is 1. The van der Waals surface area contributed by atoms with Crippen molar-refractivity contribution in [2.45, 2.75) is 40.5 Å². The minimum absolute atomic E-state index is 0.0807. The number of thiazole rings is 1. The molecule has 0 aliphatic heterocycles. The Balaban J connectivity index is 1.99. The summed E-state index contributed by atoms with van der Waals surface area (Å²) in [7, 11) is 1.80. The van der Waals surface area contributed by atoms with Gasteiger partial charge in [-0.3, -0.25) is 9.69 Å². The first-order valence-electron chi connectivity index (χ1n) is 7.15. The quantitative estimate of drug-likeness (QED) is 0.804. The normalized spacial score (nSPS) is 13.8. The van der Waals surface area contributed by atoms with Gasteiger partial charge in [-0.05, 0) is 19.4 Å². The lowest BCUT2D eigenvalue weighted by Crippen LogP contribution is -2.36. The molecule has 0 saturated carbocycles. The molecule has 5 heteroatoms. The van der Waals surface area contributed by atoms with Crippen molar-refractivity contribution in [2.75, 3.05) is 11.9 Å². The van der Waals surface area contributed by atoms with Crippen molar-refractivity contribution in [3.05, 3.63) is 22.5 Å². The van der Waals surface area contributed by atoms with Gasteiger partial charge in [0.15, 0.2) is 5.13 Å². The Labute approximate surface area is 128 Å². The van der Waals surface area contributed by atoms with Gasteiger partial charge < -0.3 is 4.42 Å². The first kappa shape index (κ1) is 14.3. The number of anilines is 1. The standard InChI is InChI=1S/C16H20N2O2S/c1-9-8-10-11(20-9)6-7-12-13(10)17-15(21-12)18(5)14(19)16(2,3)4/h8H,6-7H2,1-5H3. The summed E-state index contributed by atoms with van der Waals surface area (Å²) in [5.74, 6) is 2.01. The van der Waals surface area contributed by atoms with Crippen molar-refractivity contribution < 1.29 is 9.21 Å². The van der Waals surface area contributed by atoms with Crippen LogP contribution < -0.4 is 4.90 Å². The lowest BCUT2D eigenvalue weighted by Gasteiger charge is -2.23. The summed E-state index contributed by atoms with van der Waals surface area (Å²) in [6.07, 6.45) is 1.85. The molecule has 1 amide bonds. The minimum atomic E-state index is -0.404. The molecule has 2 aromatic heterocycles. The molecule has 3 rings (SSSR count). The van der Waals surface area contributed by atoms with Gasteiger partial charge in [-0.2, -0.15) is 0 Å². The summed E-state index contributed by atoms with van der Waals surface area (Å²) in [4.78, 5) is 20.0. The third-order valence-electron chi connectivity index (χ3n) is 3.69. The summed E-state index contributed by atoms with van der Waals surface area (Å²) in [5.41, 5.74) is 1.67. The maximum atomic E-state index is 12.4. The van der Waals surface area contributed by atoms with E-state index in [1.54, 1.807) is 23.3 Å². The van der Waals surface area contributed by atoms with Crippen LogP contribution in [0, 0.1) is 12.3 Å². The fourth-order valence-electron chi connectivity index (χ4n) is 2.63. The lowest BCUT2D eigenvalue weighted by atomic mass is 9.95. The van der Waals surface area contributed by atoms with Crippen LogP contribution in [0.25, 0.3) is 11.3 Å². The number of amides is 1. The van der Waals surface area contributed by atoms with Crippen molar-refractivity contribution >= 4 is 22.4 Å². The van der Waals surface area contributed by atoms with Gasteiger partial charge in [-0.15, -0.1) is 11.3 Å². The second-order valence-electron chi connectivity index (χ2n) is 6.58. The highest BCUT2D eigenvalue weighted by Gasteiger charge is 2.30. The van der Waals surface area contributed by atoms with Gasteiger partial charge in [0.2, 0.25) is 5.91 Å². The molecular formula is C16H20N2O2S. The number of aryl methyl sites for hydroxylation is 3. The molecule has 0 atom stereocenters. The molecule has 1 aliphatic carbocycles. The van der Waals surface area contributed by atoms with E-state index in [9.17, 15) is 4.79 Å². The number of fused-ring (bicyclic) bond motifs is 3. The van der Waals surface area contributed by atoms with Gasteiger partial charge in [0.25, 0.3) is 0 Å². The summed E-state index contributed by atoms with van der Waals surface area (Å²) in [6, 6.07) is 2.04. The highest BCUT2D eigenvalue weighted by Crippen LogP contribution is 2.40. The Kier molecular flexibility index (Phi) is 3.20. The van der Waals surface area contributed by atoms with E-state index in [1.165, 1.54) is 4.88 Å². The van der Waals surface area contributed by atoms with Crippen LogP contribution in [0.4, 0.5) is 5.13 Å². The maximum absolute atomic E-state index is 12.4. The number of carbonyl (C=O) groups excluding carboxylic acids is 1. The molecule has 0 bridgehead atoms. The zero-order chi connectivity index (χ0) is 15.4. The van der Waals surface area contributed by atoms with Crippen molar-refractivity contribution in [1.82, 2.24) is 4.98 Å². The molecule has 2 aromatic rings. The molecule has 0 spiro atoms. The fraction of sp³-hybridized carbons (Fsp3) is 0.500. The lowest BCUT2D eigenvalue weighted by molar-refractivity contribution is -0.125. The number of furan rings is 1. The molecule has 0 unspecified atom stereocenters. The van der Waals surface area contributed by atoms with Crippen LogP contribution in [0.1, 0.15) is 37.2 Å². The van der Waals surface area contributed by atoms with Gasteiger partial charge in [0, 0.05) is 29.3 Å². The predicted octanol–water partition coefficient (Wildman–Crippen LogP) is 3.82. The minimum Gasteiger partial charge on any atom is -0.466 e. The summed E-state index contributed by atoms with van der Waals surface area (Å²) in [5, 5.41) is 0.770. The van der Waals surface area contributed by atoms with Crippen molar-refractivity contribution in [1.29, 1.82) is 0 Å². The van der Waals surface area contributed by atoms with E-state index in [1.807, 2.05) is 33.8 Å². The van der Waals surface area contributed by atoms with Crippen molar-refractivity contribution in [2.24, 2.45) is 5.41 Å². The van der Waals surface area contributed by atoms with Crippen LogP contribution in [0.5, 0.6) is 0 Å². The average Bonchev–Trinajstić information content (AvgIpc) is 2.97. The van der Waals surface area contributed by atoms with E-state index < -0.39 is 5.41 Å². The number of rotatable bonds is 1. The maximum Gasteiger partial charge on any atom is 0.233 e. The van der Waals surface area contributed by atoms with Crippen molar-refractivity contribution in [3.8, 4) is 11.3 Å². The molecule has 0 saturated heterocycles. The van der Waals surface area contributed by atoms with Crippen LogP contribution >= 0.6 is 11.3 Å². The van der Waals surface area contributed by atoms with Crippen LogP contribution in [0.3, 0.4) is 0 Å². The summed E-state index contributed by atoms with van der Waals surface area (Å²) < 4.78 is 5.72. The summed E-state index contributed by atoms with van der Waals surface area (Å²) in [6.45, 7) is 7.74. The van der Waals surface area contributed by atoms with E-state index >= 15 is 0 Å². The van der Waals surface area contributed by atoms with Crippen LogP contribution in [-0.4, -0.2) is 17.9 Å². The largest absolute Gasteiger partial charge is 0.466 e. The van der Waals surface area contributed by atoms with E-state index in [0.29, 0.717) is 0 Å². The highest BCUT2D eigenvalue weighted by atomic mass is 32.1. The Morgan fingerprint density at radius 1 is 1.38 bits per heavy atom. The Hall–Kier alpha value is -1.62. The second-order valence-corrected chi connectivity index (χ2v) is 7.64. The molecule has 0 fully saturated rings. The number of nitrogens with zero attached hydrogens (tertiary/aromatic N) is 2. The molecule has 0 radical (unpaired) electrons. The smallest absolute Gasteiger partial charge is 0.233 e. The van der Waals surface area contributed by atoms with Gasteiger partial charge in [0.05, 0.1) is 5.69 Å². The van der Waals surface area contributed by atoms with E-state index in [4.69, 9.17) is 9.40 Å². The first-order valence-corrected chi connectivity index (χ1v) is 7.96. The third-order valence-corrected chi connectivity index (χ3v) is 4.88. The van der Waals surface area contributed by atoms with Crippen LogP contribution in [0.2, 0.25) is 0 Å². The molecule has 2 heterocycles. The predicted molar refractivity (Wildman–Crippen MR) is 84.8 cm³/mol. The number of aromatic nitrogens is 1. The zero-order valence-electron chi connectivity index (χ0n) is 13.1. The SMILES string of the molecule is Cc1cc2c(o1)CCc1sc(N(C)C(=O)C(C)(C)C)nc1-2. The molecule has 0 aromatic carbocycles. The molecule has 112 valence electrons. The zero-order valence-corrected chi connectivity index (χ0v) is 13.9. The Morgan fingerprint density at radius 3 is 2.76 bits per heavy atom. The average molecular weight is 304 g/mol. The molecule has 0 N–H and O–H groups in total. The third kappa shape index (κ3) is 2.39. The number of hydrogen-bond donors (Lipinski definition) is 0. The number of hydrogen-bond acceptors (Lipinski definition) is 4. The Morgan fingerprint density at radius 2 is 2.10 bits per heavy atom. The van der Waals surface area contributed by atoms with Crippen molar-refractivity contribution in [3.63, 3.8) is 0 Å². The van der Waals surface area contributed by atoms with Crippen LogP contribution in [0.15, 0.2) is 10.5 Å². The first-order chi connectivity index (χ1) is 9.77. The summed E-state index contributed by atoms with van der Waals surface area (Å²) >= 11 is 1.61. The molecule has 4 nitrogen and oxygen atoms in total. The van der Waals surface area contributed by atoms with Gasteiger partial charge in [-0.25, -0.2) is 4.98 Å². The topological polar surface area (TPSA) is 46.3 Å². The van der Waals surface area contributed by atoms with E-state index in [-0.39, 0.29) is 5.91 Å². The Bertz CT molecular complexity index is 706.